The van der Waals surface area contributed by atoms with E-state index in [1.807, 2.05) is 18.2 Å². The van der Waals surface area contributed by atoms with Crippen LogP contribution in [-0.4, -0.2) is 82.0 Å². The first-order valence-electron chi connectivity index (χ1n) is 12.6. The first-order valence-corrected chi connectivity index (χ1v) is 14.3. The second-order valence-electron chi connectivity index (χ2n) is 9.13. The van der Waals surface area contributed by atoms with Crippen LogP contribution >= 0.6 is 0 Å². The average molecular weight is 527 g/mol. The molecular formula is C26H34N6O4S. The lowest BCUT2D eigenvalue weighted by Crippen LogP contribution is -2.43. The van der Waals surface area contributed by atoms with Gasteiger partial charge in [0.15, 0.2) is 15.6 Å². The van der Waals surface area contributed by atoms with Crippen LogP contribution in [-0.2, 0) is 9.84 Å². The Labute approximate surface area is 217 Å². The Morgan fingerprint density at radius 1 is 1.00 bits per heavy atom. The summed E-state index contributed by atoms with van der Waals surface area (Å²) in [4.78, 5) is 31.6. The number of anilines is 2. The van der Waals surface area contributed by atoms with Crippen molar-refractivity contribution in [1.29, 1.82) is 0 Å². The van der Waals surface area contributed by atoms with E-state index in [-0.39, 0.29) is 23.3 Å². The molecule has 0 bridgehead atoms. The van der Waals surface area contributed by atoms with Crippen molar-refractivity contribution in [2.24, 2.45) is 0 Å². The van der Waals surface area contributed by atoms with Gasteiger partial charge in [-0.1, -0.05) is 6.07 Å². The number of rotatable bonds is 9. The average Bonchev–Trinajstić information content (AvgIpc) is 2.93. The van der Waals surface area contributed by atoms with Gasteiger partial charge in [-0.2, -0.15) is 0 Å². The maximum absolute atomic E-state index is 12.6. The zero-order valence-electron chi connectivity index (χ0n) is 20.8. The zero-order valence-corrected chi connectivity index (χ0v) is 21.6. The molecule has 2 aromatic rings. The highest BCUT2D eigenvalue weighted by Gasteiger charge is 2.26. The number of hydrogen-bond acceptors (Lipinski definition) is 8. The van der Waals surface area contributed by atoms with Gasteiger partial charge in [0.1, 0.15) is 5.82 Å². The van der Waals surface area contributed by atoms with E-state index in [4.69, 9.17) is 0 Å². The third kappa shape index (κ3) is 7.85. The maximum Gasteiger partial charge on any atom is 0.319 e. The van der Waals surface area contributed by atoms with Crippen molar-refractivity contribution in [2.45, 2.75) is 18.1 Å². The molecule has 0 atom stereocenters. The van der Waals surface area contributed by atoms with Gasteiger partial charge in [0.25, 0.3) is 0 Å². The quantitative estimate of drug-likeness (QED) is 0.287. The van der Waals surface area contributed by atoms with Crippen LogP contribution in [0.2, 0.25) is 0 Å². The molecule has 10 nitrogen and oxygen atoms in total. The highest BCUT2D eigenvalue weighted by Crippen LogP contribution is 2.15. The van der Waals surface area contributed by atoms with Crippen LogP contribution in [0.4, 0.5) is 16.3 Å². The molecule has 0 unspecified atom stereocenters. The number of piperazine rings is 1. The summed E-state index contributed by atoms with van der Waals surface area (Å²) < 4.78 is 24.8. The number of sulfone groups is 1. The van der Waals surface area contributed by atoms with Crippen molar-refractivity contribution in [1.82, 2.24) is 20.9 Å². The number of aromatic nitrogens is 1. The molecule has 0 spiro atoms. The van der Waals surface area contributed by atoms with E-state index in [0.29, 0.717) is 42.9 Å². The molecule has 0 saturated carbocycles. The van der Waals surface area contributed by atoms with Crippen LogP contribution in [0, 0.1) is 0 Å². The lowest BCUT2D eigenvalue weighted by atomic mass is 10.1. The van der Waals surface area contributed by atoms with Crippen molar-refractivity contribution in [3.63, 3.8) is 0 Å². The molecule has 0 aliphatic carbocycles. The summed E-state index contributed by atoms with van der Waals surface area (Å²) in [5.41, 5.74) is 1.69. The number of nitrogens with one attached hydrogen (secondary N) is 4. The largest absolute Gasteiger partial charge is 0.354 e. The van der Waals surface area contributed by atoms with E-state index in [0.717, 1.165) is 32.0 Å². The Bertz CT molecular complexity index is 1200. The molecule has 4 rings (SSSR count). The molecule has 1 aromatic heterocycles. The molecule has 2 amide bonds. The van der Waals surface area contributed by atoms with Gasteiger partial charge >= 0.3 is 6.03 Å². The number of carbonyl (C=O) groups is 2. The minimum absolute atomic E-state index is 0.0450. The molecule has 2 saturated heterocycles. The van der Waals surface area contributed by atoms with Crippen molar-refractivity contribution < 1.29 is 18.0 Å². The predicted molar refractivity (Wildman–Crippen MR) is 146 cm³/mol. The van der Waals surface area contributed by atoms with E-state index >= 15 is 0 Å². The number of allylic oxidation sites excluding steroid dienone is 1. The summed E-state index contributed by atoms with van der Waals surface area (Å²) in [5, 5.41) is 11.4. The van der Waals surface area contributed by atoms with Crippen molar-refractivity contribution >= 4 is 39.2 Å². The Kier molecular flexibility index (Phi) is 9.26. The van der Waals surface area contributed by atoms with E-state index in [9.17, 15) is 18.0 Å². The Morgan fingerprint density at radius 2 is 1.70 bits per heavy atom. The Morgan fingerprint density at radius 3 is 2.43 bits per heavy atom. The highest BCUT2D eigenvalue weighted by atomic mass is 32.2. The summed E-state index contributed by atoms with van der Waals surface area (Å²) in [7, 11) is -3.24. The monoisotopic (exact) mass is 526 g/mol. The van der Waals surface area contributed by atoms with E-state index in [1.54, 1.807) is 30.3 Å². The van der Waals surface area contributed by atoms with E-state index < -0.39 is 15.9 Å². The fraction of sp³-hybridized carbons (Fsp3) is 0.423. The number of nitrogens with zero attached hydrogens (tertiary/aromatic N) is 2. The standard InChI is InChI=1S/C26H34N6O4S/c33-24(9-8-21-2-1-3-25(30-21)32-17-14-28-15-18-32)20-4-6-22(7-5-20)31-26(34)29-16-19-37(35,36)23-10-12-27-13-11-23/h1-9,23,27-28H,10-19H2,(H2,29,31,34). The Hall–Kier alpha value is -3.28. The molecule has 2 aliphatic heterocycles. The van der Waals surface area contributed by atoms with Gasteiger partial charge < -0.3 is 26.2 Å². The van der Waals surface area contributed by atoms with Gasteiger partial charge in [-0.05, 0) is 74.5 Å². The molecule has 1 aromatic carbocycles. The van der Waals surface area contributed by atoms with Gasteiger partial charge in [0, 0.05) is 44.0 Å². The number of urea groups is 1. The number of hydrogen-bond donors (Lipinski definition) is 4. The fourth-order valence-electron chi connectivity index (χ4n) is 4.38. The van der Waals surface area contributed by atoms with Crippen LogP contribution in [0.15, 0.2) is 48.5 Å². The van der Waals surface area contributed by atoms with Crippen LogP contribution in [0.5, 0.6) is 0 Å². The number of piperidine rings is 1. The lowest BCUT2D eigenvalue weighted by molar-refractivity contribution is 0.104. The smallest absolute Gasteiger partial charge is 0.319 e. The van der Waals surface area contributed by atoms with Gasteiger partial charge in [0.2, 0.25) is 0 Å². The van der Waals surface area contributed by atoms with Gasteiger partial charge in [0.05, 0.1) is 16.7 Å². The number of carbonyl (C=O) groups excluding carboxylic acids is 2. The summed E-state index contributed by atoms with van der Waals surface area (Å²) in [6.45, 7) is 5.09. The topological polar surface area (TPSA) is 133 Å². The van der Waals surface area contributed by atoms with Crippen LogP contribution in [0.3, 0.4) is 0 Å². The SMILES string of the molecule is O=C(NCCS(=O)(=O)C1CCNCC1)Nc1ccc(C(=O)C=Cc2cccc(N3CCNCC3)n2)cc1. The molecule has 11 heteroatoms. The van der Waals surface area contributed by atoms with Gasteiger partial charge in [-0.15, -0.1) is 0 Å². The molecule has 0 radical (unpaired) electrons. The lowest BCUT2D eigenvalue weighted by Gasteiger charge is -2.28. The summed E-state index contributed by atoms with van der Waals surface area (Å²) in [6, 6.07) is 11.8. The van der Waals surface area contributed by atoms with Gasteiger partial charge in [-0.25, -0.2) is 18.2 Å². The predicted octanol–water partition coefficient (Wildman–Crippen LogP) is 1.68. The third-order valence-corrected chi connectivity index (χ3v) is 8.76. The van der Waals surface area contributed by atoms with E-state index in [2.05, 4.69) is 31.2 Å². The minimum Gasteiger partial charge on any atom is -0.354 e. The van der Waals surface area contributed by atoms with E-state index in [1.165, 1.54) is 6.08 Å². The van der Waals surface area contributed by atoms with Gasteiger partial charge in [-0.3, -0.25) is 4.79 Å². The first kappa shape index (κ1) is 26.8. The van der Waals surface area contributed by atoms with Crippen molar-refractivity contribution in [3.05, 3.63) is 59.8 Å². The highest BCUT2D eigenvalue weighted by molar-refractivity contribution is 7.92. The Balaban J connectivity index is 1.24. The molecule has 198 valence electrons. The normalized spacial score (nSPS) is 17.0. The number of ketones is 1. The summed E-state index contributed by atoms with van der Waals surface area (Å²) in [5.74, 6) is 0.639. The summed E-state index contributed by atoms with van der Waals surface area (Å²) >= 11 is 0. The first-order chi connectivity index (χ1) is 17.9. The molecule has 4 N–H and O–H groups in total. The number of benzene rings is 1. The molecule has 37 heavy (non-hydrogen) atoms. The molecule has 3 heterocycles. The summed E-state index contributed by atoms with van der Waals surface area (Å²) in [6.07, 6.45) is 4.40. The number of pyridine rings is 1. The molecule has 2 fully saturated rings. The van der Waals surface area contributed by atoms with Crippen molar-refractivity contribution in [2.75, 3.05) is 61.8 Å². The van der Waals surface area contributed by atoms with Crippen LogP contribution in [0.1, 0.15) is 28.9 Å². The van der Waals surface area contributed by atoms with Crippen LogP contribution < -0.4 is 26.2 Å². The fourth-order valence-corrected chi connectivity index (χ4v) is 6.05. The van der Waals surface area contributed by atoms with Crippen LogP contribution in [0.25, 0.3) is 6.08 Å². The maximum atomic E-state index is 12.6. The molecular weight excluding hydrogens is 492 g/mol. The second kappa shape index (κ2) is 12.8. The molecule has 2 aliphatic rings. The number of amides is 2. The minimum atomic E-state index is -3.24. The third-order valence-electron chi connectivity index (χ3n) is 6.50. The zero-order chi connectivity index (χ0) is 26.1. The van der Waals surface area contributed by atoms with Crippen molar-refractivity contribution in [3.8, 4) is 0 Å². The second-order valence-corrected chi connectivity index (χ2v) is 11.5.